The Morgan fingerprint density at radius 1 is 0.439 bits per heavy atom. The first-order valence-electron chi connectivity index (χ1n) is 18.7. The van der Waals surface area contributed by atoms with E-state index in [0.717, 1.165) is 27.3 Å². The van der Waals surface area contributed by atoms with Gasteiger partial charge in [0, 0.05) is 10.8 Å². The normalized spacial score (nSPS) is 15.7. The summed E-state index contributed by atoms with van der Waals surface area (Å²) in [7, 11) is 0. The maximum absolute atomic E-state index is 9.37. The Morgan fingerprint density at radius 2 is 1.17 bits per heavy atom. The molecule has 0 radical (unpaired) electrons. The molecule has 8 aromatic carbocycles. The quantitative estimate of drug-likeness (QED) is 0.160. The van der Waals surface area contributed by atoms with Gasteiger partial charge in [0.1, 0.15) is 11.2 Å². The first kappa shape index (κ1) is 14.3. The lowest BCUT2D eigenvalue weighted by atomic mass is 9.89. The first-order valence-corrected chi connectivity index (χ1v) is 13.2. The van der Waals surface area contributed by atoms with E-state index in [0.29, 0.717) is 22.1 Å². The summed E-state index contributed by atoms with van der Waals surface area (Å²) in [4.78, 5) is 0. The van der Waals surface area contributed by atoms with Gasteiger partial charge in [0.2, 0.25) is 0 Å². The van der Waals surface area contributed by atoms with Gasteiger partial charge in [-0.25, -0.2) is 0 Å². The molecule has 0 N–H and O–H groups in total. The minimum Gasteiger partial charge on any atom is -0.456 e. The van der Waals surface area contributed by atoms with Crippen molar-refractivity contribution >= 4 is 65.0 Å². The Morgan fingerprint density at radius 3 is 2.07 bits per heavy atom. The van der Waals surface area contributed by atoms with Crippen LogP contribution in [0.3, 0.4) is 0 Å². The van der Waals surface area contributed by atoms with E-state index >= 15 is 0 Å². The van der Waals surface area contributed by atoms with Gasteiger partial charge in [0.05, 0.1) is 15.1 Å². The van der Waals surface area contributed by atoms with Crippen molar-refractivity contribution in [3.05, 3.63) is 145 Å². The molecule has 0 saturated carbocycles. The number of rotatable bonds is 2. The summed E-state index contributed by atoms with van der Waals surface area (Å²) >= 11 is 0. The zero-order valence-electron chi connectivity index (χ0n) is 32.4. The monoisotopic (exact) mass is 531 g/mol. The van der Waals surface area contributed by atoms with Crippen molar-refractivity contribution in [1.29, 1.82) is 0 Å². The summed E-state index contributed by atoms with van der Waals surface area (Å²) in [5.41, 5.74) is 3.79. The average Bonchev–Trinajstić information content (AvgIpc) is 3.54. The van der Waals surface area contributed by atoms with Gasteiger partial charge in [-0.2, -0.15) is 0 Å². The van der Waals surface area contributed by atoms with E-state index in [4.69, 9.17) is 16.8 Å². The third-order valence-corrected chi connectivity index (χ3v) is 7.79. The van der Waals surface area contributed by atoms with E-state index in [1.807, 2.05) is 54.6 Å². The highest BCUT2D eigenvalue weighted by molar-refractivity contribution is 6.23. The molecular weight excluding hydrogens is 496 g/mol. The second-order valence-electron chi connectivity index (χ2n) is 10.1. The molecule has 1 aromatic heterocycles. The number of hydrogen-bond acceptors (Lipinski definition) is 1. The fourth-order valence-corrected chi connectivity index (χ4v) is 5.91. The van der Waals surface area contributed by atoms with E-state index < -0.39 is 66.5 Å². The molecule has 0 saturated heterocycles. The van der Waals surface area contributed by atoms with Crippen LogP contribution in [0.1, 0.15) is 15.1 Å². The molecule has 1 nitrogen and oxygen atoms in total. The van der Waals surface area contributed by atoms with E-state index in [9.17, 15) is 2.74 Å². The van der Waals surface area contributed by atoms with Gasteiger partial charge >= 0.3 is 0 Å². The predicted molar refractivity (Wildman–Crippen MR) is 175 cm³/mol. The second kappa shape index (κ2) is 8.55. The van der Waals surface area contributed by atoms with Crippen LogP contribution >= 0.6 is 0 Å². The fraction of sp³-hybridized carbons (Fsp3) is 0. The van der Waals surface area contributed by atoms with Gasteiger partial charge in [0.15, 0.2) is 0 Å². The van der Waals surface area contributed by atoms with Gasteiger partial charge in [-0.15, -0.1) is 0 Å². The number of furan rings is 1. The van der Waals surface area contributed by atoms with Crippen LogP contribution in [0.25, 0.3) is 87.3 Å². The summed E-state index contributed by atoms with van der Waals surface area (Å²) in [6, 6.07) is 19.7. The summed E-state index contributed by atoms with van der Waals surface area (Å²) in [6.45, 7) is 0. The highest BCUT2D eigenvalue weighted by Crippen LogP contribution is 2.42. The summed E-state index contributed by atoms with van der Waals surface area (Å²) in [6.07, 6.45) is 0. The van der Waals surface area contributed by atoms with Crippen molar-refractivity contribution in [2.24, 2.45) is 0 Å². The Labute approximate surface area is 252 Å². The largest absolute Gasteiger partial charge is 0.456 e. The zero-order valence-corrected chi connectivity index (χ0v) is 21.4. The first-order chi connectivity index (χ1) is 24.9. The van der Waals surface area contributed by atoms with E-state index in [1.54, 1.807) is 12.1 Å². The Hall–Kier alpha value is -5.40. The molecule has 0 aliphatic heterocycles. The molecule has 41 heavy (non-hydrogen) atoms. The zero-order chi connectivity index (χ0) is 36.5. The van der Waals surface area contributed by atoms with Crippen LogP contribution in [0.15, 0.2) is 150 Å². The smallest absolute Gasteiger partial charge is 0.136 e. The third-order valence-electron chi connectivity index (χ3n) is 7.79. The van der Waals surface area contributed by atoms with Crippen molar-refractivity contribution in [3.63, 3.8) is 0 Å². The Kier molecular flexibility index (Phi) is 2.98. The molecule has 0 fully saturated rings. The van der Waals surface area contributed by atoms with Crippen LogP contribution in [0.5, 0.6) is 0 Å². The maximum Gasteiger partial charge on any atom is 0.136 e. The van der Waals surface area contributed by atoms with E-state index in [1.165, 1.54) is 0 Å². The summed E-state index contributed by atoms with van der Waals surface area (Å²) in [5, 5.41) is 2.71. The van der Waals surface area contributed by atoms with Crippen molar-refractivity contribution < 1.29 is 19.5 Å². The van der Waals surface area contributed by atoms with Gasteiger partial charge < -0.3 is 4.42 Å². The molecule has 0 spiro atoms. The lowest BCUT2D eigenvalue weighted by Crippen LogP contribution is -1.87. The topological polar surface area (TPSA) is 13.1 Å². The highest BCUT2D eigenvalue weighted by Gasteiger charge is 2.16. The highest BCUT2D eigenvalue weighted by atomic mass is 16.3. The van der Waals surface area contributed by atoms with Crippen molar-refractivity contribution in [2.75, 3.05) is 0 Å². The van der Waals surface area contributed by atoms with Gasteiger partial charge in [-0.3, -0.25) is 0 Å². The number of benzene rings is 8. The van der Waals surface area contributed by atoms with Crippen LogP contribution in [0.2, 0.25) is 0 Å². The molecule has 190 valence electrons. The van der Waals surface area contributed by atoms with Crippen LogP contribution in [-0.4, -0.2) is 0 Å². The number of hydrogen-bond donors (Lipinski definition) is 0. The van der Waals surface area contributed by atoms with Crippen molar-refractivity contribution in [1.82, 2.24) is 0 Å². The Balaban J connectivity index is 1.50. The predicted octanol–water partition coefficient (Wildman–Crippen LogP) is 11.5. The molecule has 0 atom stereocenters. The van der Waals surface area contributed by atoms with E-state index in [2.05, 4.69) is 12.1 Å². The van der Waals surface area contributed by atoms with Crippen molar-refractivity contribution in [2.45, 2.75) is 0 Å². The molecule has 0 aliphatic rings. The lowest BCUT2D eigenvalue weighted by Gasteiger charge is -2.14. The fourth-order valence-electron chi connectivity index (χ4n) is 5.91. The molecule has 1 heterocycles. The Bertz CT molecular complexity index is 3080. The lowest BCUT2D eigenvalue weighted by molar-refractivity contribution is 0.669. The van der Waals surface area contributed by atoms with Gasteiger partial charge in [-0.1, -0.05) is 115 Å². The summed E-state index contributed by atoms with van der Waals surface area (Å²) in [5.74, 6) is 0. The van der Waals surface area contributed by atoms with Crippen LogP contribution < -0.4 is 0 Å². The third kappa shape index (κ3) is 3.36. The molecular formula is C40H24O. The molecule has 9 rings (SSSR count). The van der Waals surface area contributed by atoms with Crippen molar-refractivity contribution in [3.8, 4) is 22.3 Å². The standard InChI is InChI=1S/C40H24O/c1-2-8-25(9-3-1)28-15-14-27-17-21-38-40(34(27)22-28)36-24-30(18-20-37(36)41-38)39-32-13-7-5-11-29(32)23-35-31-12-6-4-10-26(31)16-19-33(35)39/h1-24H/i4D,5D,6D,7D,10D,11D,12D,13D,16D,19D,23D. The molecule has 0 amide bonds. The number of fused-ring (bicyclic) bond motifs is 9. The van der Waals surface area contributed by atoms with E-state index in [-0.39, 0.29) is 37.9 Å². The average molecular weight is 532 g/mol. The molecule has 1 heteroatoms. The SMILES string of the molecule is [2H]c1c([2H])c([2H])c2c([2H])c3c(c([2H])c([2H])c4c([2H])c([2H])c([2H])c([2H])c43)c(-c3ccc4oc5ccc6ccc(-c7ccccc7)cc6c5c4c3)c2c1[2H]. The summed E-state index contributed by atoms with van der Waals surface area (Å²) < 4.78 is 103. The van der Waals surface area contributed by atoms with Crippen LogP contribution in [-0.2, 0) is 0 Å². The second-order valence-corrected chi connectivity index (χ2v) is 10.1. The molecule has 9 aromatic rings. The van der Waals surface area contributed by atoms with Gasteiger partial charge in [-0.05, 0) is 95.7 Å². The maximum atomic E-state index is 9.37. The molecule has 0 unspecified atom stereocenters. The van der Waals surface area contributed by atoms with Crippen LogP contribution in [0, 0.1) is 0 Å². The minimum atomic E-state index is -0.584. The molecule has 0 bridgehead atoms. The minimum absolute atomic E-state index is 0.0200. The molecule has 0 aliphatic carbocycles. The van der Waals surface area contributed by atoms with Crippen LogP contribution in [0.4, 0.5) is 0 Å². The van der Waals surface area contributed by atoms with Gasteiger partial charge in [0.25, 0.3) is 0 Å².